The lowest BCUT2D eigenvalue weighted by molar-refractivity contribution is 0.264. The maximum absolute atomic E-state index is 8.20. The highest BCUT2D eigenvalue weighted by Crippen LogP contribution is 1.94. The van der Waals surface area contributed by atoms with Crippen LogP contribution in [0.25, 0.3) is 0 Å². The second-order valence-corrected chi connectivity index (χ2v) is 1.14. The molecule has 0 bridgehead atoms. The normalized spacial score (nSPS) is 49.2. The van der Waals surface area contributed by atoms with Gasteiger partial charge in [-0.15, -0.1) is 0 Å². The number of nitrogens with one attached hydrogen (secondary N) is 1. The summed E-state index contributed by atoms with van der Waals surface area (Å²) in [5.41, 5.74) is 5.00. The third-order valence-corrected chi connectivity index (χ3v) is 0.594. The molecule has 0 amide bonds. The van der Waals surface area contributed by atoms with Crippen molar-refractivity contribution in [3.8, 4) is 0 Å². The molecule has 4 N–H and O–H groups in total. The first-order chi connectivity index (χ1) is 2.30. The minimum absolute atomic E-state index is 0.144. The quantitative estimate of drug-likeness (QED) is 0.297. The monoisotopic (exact) mass is 74.0 g/mol. The number of nitrogens with two attached hydrogens (primary N) is 1. The van der Waals surface area contributed by atoms with Crippen LogP contribution in [-0.2, 0) is 0 Å². The molecular formula is C2H6N2O. The Kier molecular flexibility index (Phi) is 0.419. The molecule has 0 radical (unpaired) electrons. The van der Waals surface area contributed by atoms with E-state index in [9.17, 15) is 0 Å². The molecule has 1 aliphatic heterocycles. The summed E-state index contributed by atoms with van der Waals surface area (Å²) in [6, 6.07) is 0. The number of rotatable bonds is 0. The lowest BCUT2D eigenvalue weighted by Gasteiger charge is -1.65. The number of hydrogen-bond acceptors (Lipinski definition) is 3. The summed E-state index contributed by atoms with van der Waals surface area (Å²) >= 11 is 0. The Morgan fingerprint density at radius 2 is 2.00 bits per heavy atom. The second kappa shape index (κ2) is 0.680. The van der Waals surface area contributed by atoms with Crippen molar-refractivity contribution in [2.24, 2.45) is 5.73 Å². The van der Waals surface area contributed by atoms with Gasteiger partial charge in [0.2, 0.25) is 0 Å². The first-order valence-corrected chi connectivity index (χ1v) is 1.50. The van der Waals surface area contributed by atoms with Crippen molar-refractivity contribution in [2.75, 3.05) is 0 Å². The van der Waals surface area contributed by atoms with Gasteiger partial charge in [0.25, 0.3) is 0 Å². The third kappa shape index (κ3) is 0.397. The highest BCUT2D eigenvalue weighted by molar-refractivity contribution is 4.81. The molecule has 0 spiro atoms. The minimum atomic E-state index is -0.421. The summed E-state index contributed by atoms with van der Waals surface area (Å²) in [7, 11) is 0. The number of aliphatic hydroxyl groups excluding tert-OH is 1. The standard InChI is InChI=1S/C2H6N2O/c3-1-2(5)4-1/h1-2,4-5H,3H2. The predicted molar refractivity (Wildman–Crippen MR) is 17.1 cm³/mol. The van der Waals surface area contributed by atoms with Crippen LogP contribution in [0.2, 0.25) is 0 Å². The molecule has 1 rings (SSSR count). The Labute approximate surface area is 29.8 Å². The highest BCUT2D eigenvalue weighted by atomic mass is 16.3. The van der Waals surface area contributed by atoms with Crippen LogP contribution in [0.1, 0.15) is 0 Å². The molecule has 1 fully saturated rings. The molecule has 3 heteroatoms. The van der Waals surface area contributed by atoms with E-state index in [1.807, 2.05) is 0 Å². The molecule has 2 atom stereocenters. The van der Waals surface area contributed by atoms with Crippen LogP contribution >= 0.6 is 0 Å². The van der Waals surface area contributed by atoms with Crippen molar-refractivity contribution < 1.29 is 5.11 Å². The smallest absolute Gasteiger partial charge is 0.134 e. The molecule has 3 nitrogen and oxygen atoms in total. The van der Waals surface area contributed by atoms with Gasteiger partial charge in [0.15, 0.2) is 0 Å². The Bertz CT molecular complexity index is 40.9. The van der Waals surface area contributed by atoms with Crippen molar-refractivity contribution in [2.45, 2.75) is 12.4 Å². The van der Waals surface area contributed by atoms with E-state index in [-0.39, 0.29) is 6.17 Å². The van der Waals surface area contributed by atoms with Crippen molar-refractivity contribution in [1.29, 1.82) is 0 Å². The van der Waals surface area contributed by atoms with Crippen LogP contribution in [0.3, 0.4) is 0 Å². The van der Waals surface area contributed by atoms with Gasteiger partial charge in [-0.2, -0.15) is 0 Å². The van der Waals surface area contributed by atoms with Gasteiger partial charge in [-0.3, -0.25) is 5.32 Å². The molecule has 5 heavy (non-hydrogen) atoms. The zero-order valence-electron chi connectivity index (χ0n) is 2.68. The second-order valence-electron chi connectivity index (χ2n) is 1.14. The Morgan fingerprint density at radius 3 is 2.00 bits per heavy atom. The van der Waals surface area contributed by atoms with E-state index < -0.39 is 6.23 Å². The Morgan fingerprint density at radius 1 is 1.80 bits per heavy atom. The number of aliphatic hydroxyl groups is 1. The molecule has 0 aromatic rings. The van der Waals surface area contributed by atoms with Crippen LogP contribution in [-0.4, -0.2) is 17.5 Å². The summed E-state index contributed by atoms with van der Waals surface area (Å²) in [6.07, 6.45) is -0.565. The first-order valence-electron chi connectivity index (χ1n) is 1.50. The maximum atomic E-state index is 8.20. The molecule has 1 aliphatic rings. The first kappa shape index (κ1) is 3.08. The SMILES string of the molecule is NC1NC1O. The number of hydrogen-bond donors (Lipinski definition) is 3. The maximum Gasteiger partial charge on any atom is 0.134 e. The third-order valence-electron chi connectivity index (χ3n) is 0.594. The van der Waals surface area contributed by atoms with E-state index in [0.29, 0.717) is 0 Å². The molecule has 30 valence electrons. The van der Waals surface area contributed by atoms with E-state index >= 15 is 0 Å². The van der Waals surface area contributed by atoms with Crippen LogP contribution in [0.5, 0.6) is 0 Å². The van der Waals surface area contributed by atoms with E-state index in [1.165, 1.54) is 0 Å². The van der Waals surface area contributed by atoms with E-state index in [0.717, 1.165) is 0 Å². The average Bonchev–Trinajstić information content (AvgIpc) is 1.79. The van der Waals surface area contributed by atoms with Gasteiger partial charge in [0, 0.05) is 0 Å². The summed E-state index contributed by atoms with van der Waals surface area (Å²) in [5.74, 6) is 0. The molecule has 0 aromatic carbocycles. The van der Waals surface area contributed by atoms with Crippen molar-refractivity contribution in [3.63, 3.8) is 0 Å². The summed E-state index contributed by atoms with van der Waals surface area (Å²) < 4.78 is 0. The van der Waals surface area contributed by atoms with Gasteiger partial charge in [-0.05, 0) is 0 Å². The van der Waals surface area contributed by atoms with Crippen LogP contribution in [0.4, 0.5) is 0 Å². The molecular weight excluding hydrogens is 68.0 g/mol. The van der Waals surface area contributed by atoms with E-state index in [1.54, 1.807) is 0 Å². The van der Waals surface area contributed by atoms with E-state index in [2.05, 4.69) is 5.32 Å². The molecule has 1 saturated heterocycles. The molecule has 0 saturated carbocycles. The predicted octanol–water partition coefficient (Wildman–Crippen LogP) is -1.81. The van der Waals surface area contributed by atoms with Gasteiger partial charge >= 0.3 is 0 Å². The van der Waals surface area contributed by atoms with Gasteiger partial charge in [-0.25, -0.2) is 0 Å². The van der Waals surface area contributed by atoms with Crippen molar-refractivity contribution in [1.82, 2.24) is 5.32 Å². The topological polar surface area (TPSA) is 68.2 Å². The lowest BCUT2D eigenvalue weighted by Crippen LogP contribution is -2.05. The zero-order chi connectivity index (χ0) is 3.86. The van der Waals surface area contributed by atoms with Gasteiger partial charge in [-0.1, -0.05) is 0 Å². The van der Waals surface area contributed by atoms with Gasteiger partial charge < -0.3 is 10.8 Å². The van der Waals surface area contributed by atoms with Crippen LogP contribution in [0, 0.1) is 0 Å². The fourth-order valence-electron chi connectivity index (χ4n) is 0.142. The van der Waals surface area contributed by atoms with Crippen LogP contribution in [0.15, 0.2) is 0 Å². The summed E-state index contributed by atoms with van der Waals surface area (Å²) in [6.45, 7) is 0. The fourth-order valence-corrected chi connectivity index (χ4v) is 0.142. The Balaban J connectivity index is 2.20. The van der Waals surface area contributed by atoms with Gasteiger partial charge in [0.1, 0.15) is 6.23 Å². The highest BCUT2D eigenvalue weighted by Gasteiger charge is 2.28. The van der Waals surface area contributed by atoms with Gasteiger partial charge in [0.05, 0.1) is 6.17 Å². The van der Waals surface area contributed by atoms with Crippen molar-refractivity contribution in [3.05, 3.63) is 0 Å². The molecule has 2 unspecified atom stereocenters. The summed E-state index contributed by atoms with van der Waals surface area (Å²) in [5, 5.41) is 10.7. The molecule has 0 aromatic heterocycles. The van der Waals surface area contributed by atoms with Crippen LogP contribution < -0.4 is 11.1 Å². The minimum Gasteiger partial charge on any atom is -0.375 e. The lowest BCUT2D eigenvalue weighted by atomic mass is 10.8. The molecule has 0 aliphatic carbocycles. The average molecular weight is 74.1 g/mol. The van der Waals surface area contributed by atoms with Crippen molar-refractivity contribution >= 4 is 0 Å². The Hall–Kier alpha value is -0.120. The zero-order valence-corrected chi connectivity index (χ0v) is 2.68. The van der Waals surface area contributed by atoms with E-state index in [4.69, 9.17) is 10.8 Å². The largest absolute Gasteiger partial charge is 0.375 e. The molecule has 1 heterocycles. The summed E-state index contributed by atoms with van der Waals surface area (Å²) in [4.78, 5) is 0. The fraction of sp³-hybridized carbons (Fsp3) is 1.00.